The standard InChI is InChI=1S/C19H17ClN4O3/c20-15-12-22-7-3-17(15)26-14-4-8-24(9-5-14)19(25)16-10-18(27-23-16)13-2-1-6-21-11-13/h1-3,6-7,10-12,14H,4-5,8-9H2. The average Bonchev–Trinajstić information content (AvgIpc) is 3.21. The van der Waals surface area contributed by atoms with E-state index < -0.39 is 0 Å². The molecule has 7 nitrogen and oxygen atoms in total. The molecule has 0 saturated carbocycles. The lowest BCUT2D eigenvalue weighted by Crippen LogP contribution is -2.41. The maximum absolute atomic E-state index is 12.7. The Balaban J connectivity index is 1.36. The van der Waals surface area contributed by atoms with Gasteiger partial charge in [-0.1, -0.05) is 16.8 Å². The molecule has 1 aliphatic rings. The van der Waals surface area contributed by atoms with Crippen molar-refractivity contribution in [1.29, 1.82) is 0 Å². The molecule has 3 aromatic heterocycles. The first-order valence-corrected chi connectivity index (χ1v) is 9.01. The number of likely N-dealkylation sites (tertiary alicyclic amines) is 1. The molecule has 1 fully saturated rings. The number of pyridine rings is 2. The van der Waals surface area contributed by atoms with Crippen LogP contribution >= 0.6 is 11.6 Å². The van der Waals surface area contributed by atoms with E-state index >= 15 is 0 Å². The Morgan fingerprint density at radius 2 is 2.00 bits per heavy atom. The fraction of sp³-hybridized carbons (Fsp3) is 0.263. The number of carbonyl (C=O) groups excluding carboxylic acids is 1. The minimum Gasteiger partial charge on any atom is -0.489 e. The number of hydrogen-bond donors (Lipinski definition) is 0. The lowest BCUT2D eigenvalue weighted by Gasteiger charge is -2.31. The first kappa shape index (κ1) is 17.5. The number of amides is 1. The van der Waals surface area contributed by atoms with Crippen LogP contribution in [0.15, 0.2) is 53.6 Å². The summed E-state index contributed by atoms with van der Waals surface area (Å²) in [6.07, 6.45) is 8.00. The number of aromatic nitrogens is 3. The van der Waals surface area contributed by atoms with E-state index in [4.69, 9.17) is 20.9 Å². The third kappa shape index (κ3) is 3.93. The van der Waals surface area contributed by atoms with Gasteiger partial charge in [-0.25, -0.2) is 0 Å². The van der Waals surface area contributed by atoms with Crippen LogP contribution in [0, 0.1) is 0 Å². The molecule has 138 valence electrons. The summed E-state index contributed by atoms with van der Waals surface area (Å²) in [5.74, 6) is 1.00. The predicted molar refractivity (Wildman–Crippen MR) is 98.5 cm³/mol. The van der Waals surface area contributed by atoms with Gasteiger partial charge < -0.3 is 14.2 Å². The summed E-state index contributed by atoms with van der Waals surface area (Å²) in [4.78, 5) is 22.4. The van der Waals surface area contributed by atoms with Crippen LogP contribution in [-0.4, -0.2) is 45.1 Å². The van der Waals surface area contributed by atoms with Crippen molar-refractivity contribution in [3.05, 3.63) is 59.8 Å². The van der Waals surface area contributed by atoms with Gasteiger partial charge in [-0.3, -0.25) is 14.8 Å². The molecule has 0 aliphatic carbocycles. The van der Waals surface area contributed by atoms with Crippen molar-refractivity contribution in [3.8, 4) is 17.1 Å². The molecule has 1 aliphatic heterocycles. The highest BCUT2D eigenvalue weighted by Gasteiger charge is 2.27. The number of rotatable bonds is 4. The zero-order chi connectivity index (χ0) is 18.6. The monoisotopic (exact) mass is 384 g/mol. The van der Waals surface area contributed by atoms with E-state index in [2.05, 4.69) is 15.1 Å². The number of ether oxygens (including phenoxy) is 1. The SMILES string of the molecule is O=C(c1cc(-c2cccnc2)on1)N1CCC(Oc2ccncc2Cl)CC1. The van der Waals surface area contributed by atoms with Gasteiger partial charge in [-0.05, 0) is 12.1 Å². The van der Waals surface area contributed by atoms with E-state index in [0.717, 1.165) is 18.4 Å². The summed E-state index contributed by atoms with van der Waals surface area (Å²) in [5.41, 5.74) is 1.08. The normalized spacial score (nSPS) is 14.9. The largest absolute Gasteiger partial charge is 0.489 e. The van der Waals surface area contributed by atoms with Crippen molar-refractivity contribution in [3.63, 3.8) is 0 Å². The lowest BCUT2D eigenvalue weighted by atomic mass is 10.1. The average molecular weight is 385 g/mol. The van der Waals surface area contributed by atoms with Gasteiger partial charge in [0.05, 0.1) is 0 Å². The molecule has 4 heterocycles. The Morgan fingerprint density at radius 3 is 2.74 bits per heavy atom. The zero-order valence-electron chi connectivity index (χ0n) is 14.4. The van der Waals surface area contributed by atoms with Crippen molar-refractivity contribution in [1.82, 2.24) is 20.0 Å². The van der Waals surface area contributed by atoms with E-state index in [9.17, 15) is 4.79 Å². The molecule has 0 radical (unpaired) electrons. The maximum Gasteiger partial charge on any atom is 0.276 e. The van der Waals surface area contributed by atoms with E-state index in [1.54, 1.807) is 47.9 Å². The molecule has 27 heavy (non-hydrogen) atoms. The Kier molecular flexibility index (Phi) is 5.02. The van der Waals surface area contributed by atoms with Gasteiger partial charge >= 0.3 is 0 Å². The maximum atomic E-state index is 12.7. The Morgan fingerprint density at radius 1 is 1.19 bits per heavy atom. The van der Waals surface area contributed by atoms with Crippen LogP contribution in [0.4, 0.5) is 0 Å². The Bertz CT molecular complexity index is 923. The first-order chi connectivity index (χ1) is 13.2. The van der Waals surface area contributed by atoms with Crippen LogP contribution in [0.3, 0.4) is 0 Å². The second-order valence-corrected chi connectivity index (χ2v) is 6.64. The summed E-state index contributed by atoms with van der Waals surface area (Å²) >= 11 is 6.08. The van der Waals surface area contributed by atoms with Crippen molar-refractivity contribution >= 4 is 17.5 Å². The number of piperidine rings is 1. The topological polar surface area (TPSA) is 81.4 Å². The number of nitrogens with zero attached hydrogens (tertiary/aromatic N) is 4. The van der Waals surface area contributed by atoms with Crippen molar-refractivity contribution < 1.29 is 14.1 Å². The second-order valence-electron chi connectivity index (χ2n) is 6.23. The molecule has 0 bridgehead atoms. The number of carbonyl (C=O) groups is 1. The smallest absolute Gasteiger partial charge is 0.276 e. The second kappa shape index (κ2) is 7.75. The van der Waals surface area contributed by atoms with Crippen LogP contribution in [0.25, 0.3) is 11.3 Å². The molecule has 0 N–H and O–H groups in total. The van der Waals surface area contributed by atoms with Crippen molar-refractivity contribution in [2.75, 3.05) is 13.1 Å². The molecule has 0 spiro atoms. The predicted octanol–water partition coefficient (Wildman–Crippen LogP) is 3.47. The number of hydrogen-bond acceptors (Lipinski definition) is 6. The van der Waals surface area contributed by atoms with Gasteiger partial charge in [0.1, 0.15) is 16.9 Å². The van der Waals surface area contributed by atoms with Gasteiger partial charge in [0.2, 0.25) is 0 Å². The summed E-state index contributed by atoms with van der Waals surface area (Å²) in [6.45, 7) is 1.17. The van der Waals surface area contributed by atoms with Crippen LogP contribution in [0.1, 0.15) is 23.3 Å². The third-order valence-corrected chi connectivity index (χ3v) is 4.72. The van der Waals surface area contributed by atoms with Crippen LogP contribution in [-0.2, 0) is 0 Å². The van der Waals surface area contributed by atoms with Gasteiger partial charge in [0.15, 0.2) is 11.5 Å². The molecule has 3 aromatic rings. The van der Waals surface area contributed by atoms with E-state index in [1.807, 2.05) is 6.07 Å². The molecule has 0 unspecified atom stereocenters. The summed E-state index contributed by atoms with van der Waals surface area (Å²) in [6, 6.07) is 7.06. The lowest BCUT2D eigenvalue weighted by molar-refractivity contribution is 0.0586. The van der Waals surface area contributed by atoms with Gasteiger partial charge in [0, 0.05) is 68.4 Å². The molecule has 1 amide bonds. The zero-order valence-corrected chi connectivity index (χ0v) is 15.2. The van der Waals surface area contributed by atoms with Crippen LogP contribution in [0.2, 0.25) is 5.02 Å². The number of halogens is 1. The minimum atomic E-state index is -0.144. The first-order valence-electron chi connectivity index (χ1n) is 8.63. The molecular weight excluding hydrogens is 368 g/mol. The van der Waals surface area contributed by atoms with E-state index in [1.165, 1.54) is 0 Å². The molecule has 4 rings (SSSR count). The van der Waals surface area contributed by atoms with Crippen molar-refractivity contribution in [2.45, 2.75) is 18.9 Å². The molecule has 0 atom stereocenters. The highest BCUT2D eigenvalue weighted by Crippen LogP contribution is 2.26. The minimum absolute atomic E-state index is 0.0113. The van der Waals surface area contributed by atoms with Crippen LogP contribution < -0.4 is 4.74 Å². The Labute approximate surface area is 160 Å². The molecule has 0 aromatic carbocycles. The molecule has 8 heteroatoms. The fourth-order valence-corrected chi connectivity index (χ4v) is 3.16. The Hall–Kier alpha value is -2.93. The van der Waals surface area contributed by atoms with Gasteiger partial charge in [-0.15, -0.1) is 0 Å². The van der Waals surface area contributed by atoms with E-state index in [0.29, 0.717) is 35.3 Å². The summed E-state index contributed by atoms with van der Waals surface area (Å²) < 4.78 is 11.2. The highest BCUT2D eigenvalue weighted by molar-refractivity contribution is 6.31. The van der Waals surface area contributed by atoms with Gasteiger partial charge in [0.25, 0.3) is 5.91 Å². The van der Waals surface area contributed by atoms with Crippen LogP contribution in [0.5, 0.6) is 5.75 Å². The molecule has 1 saturated heterocycles. The highest BCUT2D eigenvalue weighted by atomic mass is 35.5. The van der Waals surface area contributed by atoms with E-state index in [-0.39, 0.29) is 12.0 Å². The summed E-state index contributed by atoms with van der Waals surface area (Å²) in [5, 5.41) is 4.40. The fourth-order valence-electron chi connectivity index (χ4n) is 3.00. The van der Waals surface area contributed by atoms with Gasteiger partial charge in [-0.2, -0.15) is 0 Å². The quantitative estimate of drug-likeness (QED) is 0.685. The third-order valence-electron chi connectivity index (χ3n) is 4.43. The van der Waals surface area contributed by atoms with Crippen molar-refractivity contribution in [2.24, 2.45) is 0 Å². The summed E-state index contributed by atoms with van der Waals surface area (Å²) in [7, 11) is 0. The molecular formula is C19H17ClN4O3.